The average Bonchev–Trinajstić information content (AvgIpc) is 3.09. The lowest BCUT2D eigenvalue weighted by atomic mass is 10.1. The van der Waals surface area contributed by atoms with E-state index < -0.39 is 0 Å². The molecule has 0 bridgehead atoms. The van der Waals surface area contributed by atoms with Crippen molar-refractivity contribution in [2.24, 2.45) is 4.99 Å². The monoisotopic (exact) mass is 371 g/mol. The molecule has 148 valence electrons. The average molecular weight is 372 g/mol. The molecule has 2 rings (SSSR count). The van der Waals surface area contributed by atoms with Crippen molar-refractivity contribution >= 4 is 11.6 Å². The summed E-state index contributed by atoms with van der Waals surface area (Å²) in [6.07, 6.45) is 3.82. The van der Waals surface area contributed by atoms with Crippen LogP contribution in [0.15, 0.2) is 33.8 Å². The highest BCUT2D eigenvalue weighted by atomic mass is 16.5. The number of guanidine groups is 1. The minimum Gasteiger partial charge on any atom is -0.378 e. The van der Waals surface area contributed by atoms with E-state index in [0.29, 0.717) is 6.54 Å². The van der Waals surface area contributed by atoms with E-state index in [0.717, 1.165) is 55.2 Å². The molecule has 2 N–H and O–H groups in total. The van der Waals surface area contributed by atoms with Gasteiger partial charge in [-0.05, 0) is 37.0 Å². The zero-order valence-corrected chi connectivity index (χ0v) is 17.3. The fourth-order valence-electron chi connectivity index (χ4n) is 2.99. The number of nitrogens with zero attached hydrogens (tertiary/aromatic N) is 3. The van der Waals surface area contributed by atoms with E-state index >= 15 is 0 Å². The summed E-state index contributed by atoms with van der Waals surface area (Å²) in [7, 11) is 5.92. The number of hydrogen-bond acceptors (Lipinski definition) is 4. The van der Waals surface area contributed by atoms with Crippen LogP contribution >= 0.6 is 0 Å². The topological polar surface area (TPSA) is 65.7 Å². The van der Waals surface area contributed by atoms with Gasteiger partial charge in [-0.3, -0.25) is 4.99 Å². The van der Waals surface area contributed by atoms with E-state index in [1.807, 2.05) is 0 Å². The second-order valence-electron chi connectivity index (χ2n) is 6.76. The summed E-state index contributed by atoms with van der Waals surface area (Å²) in [5, 5.41) is 10.9. The smallest absolute Gasteiger partial charge is 0.191 e. The quantitative estimate of drug-likeness (QED) is 0.403. The van der Waals surface area contributed by atoms with Crippen LogP contribution in [0.25, 0.3) is 0 Å². The fourth-order valence-corrected chi connectivity index (χ4v) is 2.99. The Morgan fingerprint density at radius 3 is 2.44 bits per heavy atom. The van der Waals surface area contributed by atoms with E-state index in [-0.39, 0.29) is 0 Å². The fraction of sp³-hybridized carbons (Fsp3) is 0.524. The van der Waals surface area contributed by atoms with Crippen molar-refractivity contribution in [2.75, 3.05) is 32.6 Å². The molecule has 2 aromatic rings. The van der Waals surface area contributed by atoms with Crippen LogP contribution in [-0.2, 0) is 25.8 Å². The van der Waals surface area contributed by atoms with Gasteiger partial charge in [-0.25, -0.2) is 0 Å². The Morgan fingerprint density at radius 1 is 1.11 bits per heavy atom. The Morgan fingerprint density at radius 2 is 1.85 bits per heavy atom. The van der Waals surface area contributed by atoms with Gasteiger partial charge in [0.15, 0.2) is 5.96 Å². The molecule has 0 radical (unpaired) electrons. The zero-order chi connectivity index (χ0) is 19.6. The lowest BCUT2D eigenvalue weighted by molar-refractivity contribution is 0.380. The molecule has 0 saturated heterocycles. The number of benzene rings is 1. The number of aliphatic imine (C=N–C) groups is 1. The number of aromatic nitrogens is 1. The van der Waals surface area contributed by atoms with E-state index in [9.17, 15) is 0 Å². The van der Waals surface area contributed by atoms with Crippen molar-refractivity contribution in [3.8, 4) is 0 Å². The van der Waals surface area contributed by atoms with Crippen molar-refractivity contribution in [3.63, 3.8) is 0 Å². The van der Waals surface area contributed by atoms with Gasteiger partial charge in [0.05, 0.1) is 5.69 Å². The first-order valence-electron chi connectivity index (χ1n) is 9.76. The van der Waals surface area contributed by atoms with Crippen LogP contribution in [0.1, 0.15) is 42.8 Å². The van der Waals surface area contributed by atoms with Crippen molar-refractivity contribution in [2.45, 2.75) is 46.1 Å². The standard InChI is InChI=1S/C21H33N5O/c1-6-19-18(20(7-2)27-25-19)15-24-21(22-3)23-14-8-9-16-10-12-17(13-11-16)26(4)5/h10-13H,6-9,14-15H2,1-5H3,(H2,22,23,24). The molecule has 1 heterocycles. The maximum Gasteiger partial charge on any atom is 0.191 e. The molecule has 0 aliphatic rings. The van der Waals surface area contributed by atoms with Crippen molar-refractivity contribution in [3.05, 3.63) is 46.8 Å². The third-order valence-electron chi connectivity index (χ3n) is 4.65. The predicted octanol–water partition coefficient (Wildman–Crippen LogP) is 3.16. The summed E-state index contributed by atoms with van der Waals surface area (Å²) in [6.45, 7) is 5.74. The van der Waals surface area contributed by atoms with Gasteiger partial charge in [0.25, 0.3) is 0 Å². The molecule has 0 atom stereocenters. The van der Waals surface area contributed by atoms with Crippen LogP contribution in [0.3, 0.4) is 0 Å². The Bertz CT molecular complexity index is 697. The first-order valence-corrected chi connectivity index (χ1v) is 9.76. The summed E-state index contributed by atoms with van der Waals surface area (Å²) >= 11 is 0. The molecule has 6 nitrogen and oxygen atoms in total. The van der Waals surface area contributed by atoms with E-state index in [1.165, 1.54) is 11.3 Å². The molecular formula is C21H33N5O. The summed E-state index contributed by atoms with van der Waals surface area (Å²) in [6, 6.07) is 8.73. The lowest BCUT2D eigenvalue weighted by Crippen LogP contribution is -2.37. The van der Waals surface area contributed by atoms with Crippen molar-refractivity contribution < 1.29 is 4.52 Å². The van der Waals surface area contributed by atoms with E-state index in [4.69, 9.17) is 4.52 Å². The summed E-state index contributed by atoms with van der Waals surface area (Å²) in [5.41, 5.74) is 4.77. The van der Waals surface area contributed by atoms with Gasteiger partial charge in [0.2, 0.25) is 0 Å². The zero-order valence-electron chi connectivity index (χ0n) is 17.3. The Balaban J connectivity index is 1.77. The molecule has 0 saturated carbocycles. The molecule has 0 aliphatic carbocycles. The summed E-state index contributed by atoms with van der Waals surface area (Å²) < 4.78 is 5.42. The Kier molecular flexibility index (Phi) is 8.17. The minimum atomic E-state index is 0.682. The number of anilines is 1. The van der Waals surface area contributed by atoms with Gasteiger partial charge < -0.3 is 20.1 Å². The Labute approximate surface area is 163 Å². The normalized spacial score (nSPS) is 11.5. The second kappa shape index (κ2) is 10.6. The van der Waals surface area contributed by atoms with Crippen molar-refractivity contribution in [1.82, 2.24) is 15.8 Å². The Hall–Kier alpha value is -2.50. The molecule has 27 heavy (non-hydrogen) atoms. The third-order valence-corrected chi connectivity index (χ3v) is 4.65. The molecule has 0 amide bonds. The molecule has 1 aromatic carbocycles. The maximum atomic E-state index is 5.42. The minimum absolute atomic E-state index is 0.682. The second-order valence-corrected chi connectivity index (χ2v) is 6.76. The first kappa shape index (κ1) is 20.8. The summed E-state index contributed by atoms with van der Waals surface area (Å²) in [4.78, 5) is 6.43. The van der Waals surface area contributed by atoms with Crippen LogP contribution in [-0.4, -0.2) is 38.8 Å². The van der Waals surface area contributed by atoms with Gasteiger partial charge in [0.1, 0.15) is 5.76 Å². The highest BCUT2D eigenvalue weighted by Crippen LogP contribution is 2.15. The molecule has 0 fully saturated rings. The molecule has 1 aromatic heterocycles. The lowest BCUT2D eigenvalue weighted by Gasteiger charge is -2.13. The highest BCUT2D eigenvalue weighted by molar-refractivity contribution is 5.79. The maximum absolute atomic E-state index is 5.42. The predicted molar refractivity (Wildman–Crippen MR) is 113 cm³/mol. The van der Waals surface area contributed by atoms with Crippen LogP contribution in [0.2, 0.25) is 0 Å². The highest BCUT2D eigenvalue weighted by Gasteiger charge is 2.13. The molecule has 0 spiro atoms. The van der Waals surface area contributed by atoms with Gasteiger partial charge in [-0.2, -0.15) is 0 Å². The number of aryl methyl sites for hydroxylation is 3. The molecular weight excluding hydrogens is 338 g/mol. The van der Waals surface area contributed by atoms with Gasteiger partial charge in [-0.1, -0.05) is 31.1 Å². The van der Waals surface area contributed by atoms with Crippen LogP contribution in [0.5, 0.6) is 0 Å². The number of nitrogens with one attached hydrogen (secondary N) is 2. The largest absolute Gasteiger partial charge is 0.378 e. The van der Waals surface area contributed by atoms with Crippen LogP contribution in [0.4, 0.5) is 5.69 Å². The number of hydrogen-bond donors (Lipinski definition) is 2. The van der Waals surface area contributed by atoms with Gasteiger partial charge in [-0.15, -0.1) is 0 Å². The third kappa shape index (κ3) is 6.01. The van der Waals surface area contributed by atoms with Gasteiger partial charge in [0, 0.05) is 51.9 Å². The van der Waals surface area contributed by atoms with Gasteiger partial charge >= 0.3 is 0 Å². The molecule has 0 aliphatic heterocycles. The molecule has 6 heteroatoms. The van der Waals surface area contributed by atoms with E-state index in [2.05, 4.69) is 77.9 Å². The first-order chi connectivity index (χ1) is 13.1. The summed E-state index contributed by atoms with van der Waals surface area (Å²) in [5.74, 6) is 1.76. The molecule has 0 unspecified atom stereocenters. The van der Waals surface area contributed by atoms with Crippen molar-refractivity contribution in [1.29, 1.82) is 0 Å². The number of rotatable bonds is 9. The SMILES string of the molecule is CCc1noc(CC)c1CNC(=NC)NCCCc1ccc(N(C)C)cc1. The van der Waals surface area contributed by atoms with E-state index in [1.54, 1.807) is 7.05 Å². The van der Waals surface area contributed by atoms with Crippen LogP contribution < -0.4 is 15.5 Å². The van der Waals surface area contributed by atoms with Crippen LogP contribution in [0, 0.1) is 0 Å².